The molecule has 98 valence electrons. The van der Waals surface area contributed by atoms with Gasteiger partial charge in [-0.25, -0.2) is 0 Å². The van der Waals surface area contributed by atoms with Crippen LogP contribution < -0.4 is 16.4 Å². The van der Waals surface area contributed by atoms with Gasteiger partial charge in [0.05, 0.1) is 0 Å². The smallest absolute Gasteiger partial charge is 0.242 e. The van der Waals surface area contributed by atoms with E-state index in [9.17, 15) is 4.79 Å². The fraction of sp³-hybridized carbons (Fsp3) is 0.667. The van der Waals surface area contributed by atoms with Crippen LogP contribution in [0.2, 0.25) is 0 Å². The van der Waals surface area contributed by atoms with E-state index in [4.69, 9.17) is 5.73 Å². The van der Waals surface area contributed by atoms with Gasteiger partial charge in [-0.15, -0.1) is 0 Å². The van der Waals surface area contributed by atoms with Gasteiger partial charge in [-0.05, 0) is 50.1 Å². The standard InChI is InChI=1S/C12H18N4OS/c1-6(11(17)15-8-4-5-8)14-12-9(7-2-3-7)10(13)16-18-12/h6-8,14H,2-5H2,1H3,(H2,13,16)(H,15,17). The van der Waals surface area contributed by atoms with Gasteiger partial charge in [0.15, 0.2) is 0 Å². The van der Waals surface area contributed by atoms with E-state index in [0.29, 0.717) is 17.8 Å². The molecule has 2 aliphatic carbocycles. The molecule has 1 atom stereocenters. The third-order valence-electron chi connectivity index (χ3n) is 3.41. The molecule has 1 amide bonds. The SMILES string of the molecule is CC(Nc1snc(N)c1C1CC1)C(=O)NC1CC1. The quantitative estimate of drug-likeness (QED) is 0.757. The van der Waals surface area contributed by atoms with E-state index < -0.39 is 0 Å². The minimum absolute atomic E-state index is 0.0613. The summed E-state index contributed by atoms with van der Waals surface area (Å²) in [5, 5.41) is 7.21. The summed E-state index contributed by atoms with van der Waals surface area (Å²) in [5.41, 5.74) is 7.00. The first-order valence-electron chi connectivity index (χ1n) is 6.47. The van der Waals surface area contributed by atoms with Crippen LogP contribution in [0, 0.1) is 0 Å². The number of rotatable bonds is 5. The number of carbonyl (C=O) groups is 1. The van der Waals surface area contributed by atoms with E-state index in [1.165, 1.54) is 24.4 Å². The van der Waals surface area contributed by atoms with Crippen LogP contribution in [0.4, 0.5) is 10.8 Å². The number of aromatic nitrogens is 1. The van der Waals surface area contributed by atoms with E-state index in [1.54, 1.807) is 0 Å². The van der Waals surface area contributed by atoms with Crippen molar-refractivity contribution in [2.45, 2.75) is 50.6 Å². The topological polar surface area (TPSA) is 80.0 Å². The van der Waals surface area contributed by atoms with Gasteiger partial charge in [-0.1, -0.05) is 0 Å². The van der Waals surface area contributed by atoms with Crippen molar-refractivity contribution < 1.29 is 4.79 Å². The first-order chi connectivity index (χ1) is 8.65. The molecule has 18 heavy (non-hydrogen) atoms. The Kier molecular flexibility index (Phi) is 2.89. The molecule has 1 unspecified atom stereocenters. The molecular formula is C12H18N4OS. The van der Waals surface area contributed by atoms with Crippen LogP contribution in [0.3, 0.4) is 0 Å². The molecule has 0 aliphatic heterocycles. The zero-order valence-electron chi connectivity index (χ0n) is 10.4. The van der Waals surface area contributed by atoms with Gasteiger partial charge in [-0.3, -0.25) is 4.79 Å². The summed E-state index contributed by atoms with van der Waals surface area (Å²) in [4.78, 5) is 11.9. The van der Waals surface area contributed by atoms with Crippen molar-refractivity contribution in [1.82, 2.24) is 9.69 Å². The summed E-state index contributed by atoms with van der Waals surface area (Å²) in [7, 11) is 0. The Labute approximate surface area is 110 Å². The normalized spacial score (nSPS) is 20.5. The van der Waals surface area contributed by atoms with Gasteiger partial charge in [0.1, 0.15) is 16.9 Å². The summed E-state index contributed by atoms with van der Waals surface area (Å²) in [6.07, 6.45) is 4.58. The molecule has 0 saturated heterocycles. The number of hydrogen-bond donors (Lipinski definition) is 3. The minimum atomic E-state index is -0.233. The Hall–Kier alpha value is -1.30. The molecule has 1 aromatic heterocycles. The highest BCUT2D eigenvalue weighted by Gasteiger charge is 2.32. The first-order valence-corrected chi connectivity index (χ1v) is 7.24. The van der Waals surface area contributed by atoms with Crippen molar-refractivity contribution in [3.05, 3.63) is 5.56 Å². The lowest BCUT2D eigenvalue weighted by Crippen LogP contribution is -2.38. The molecule has 2 fully saturated rings. The second-order valence-corrected chi connectivity index (χ2v) is 6.01. The summed E-state index contributed by atoms with van der Waals surface area (Å²) >= 11 is 1.36. The number of nitrogens with one attached hydrogen (secondary N) is 2. The van der Waals surface area contributed by atoms with Crippen molar-refractivity contribution in [2.24, 2.45) is 0 Å². The van der Waals surface area contributed by atoms with Crippen LogP contribution in [-0.2, 0) is 4.79 Å². The van der Waals surface area contributed by atoms with Crippen LogP contribution >= 0.6 is 11.5 Å². The number of nitrogen functional groups attached to an aromatic ring is 1. The van der Waals surface area contributed by atoms with Crippen molar-refractivity contribution in [3.8, 4) is 0 Å². The fourth-order valence-corrected chi connectivity index (χ4v) is 2.88. The summed E-state index contributed by atoms with van der Waals surface area (Å²) in [6.45, 7) is 1.88. The Balaban J connectivity index is 1.65. The van der Waals surface area contributed by atoms with Crippen molar-refractivity contribution >= 4 is 28.3 Å². The third kappa shape index (κ3) is 2.43. The van der Waals surface area contributed by atoms with E-state index >= 15 is 0 Å². The number of carbonyl (C=O) groups excluding carboxylic acids is 1. The highest BCUT2D eigenvalue weighted by atomic mass is 32.1. The van der Waals surface area contributed by atoms with Crippen molar-refractivity contribution in [3.63, 3.8) is 0 Å². The average Bonchev–Trinajstić information content (AvgIpc) is 3.22. The largest absolute Gasteiger partial charge is 0.383 e. The molecule has 6 heteroatoms. The number of nitrogens with two attached hydrogens (primary N) is 1. The van der Waals surface area contributed by atoms with Gasteiger partial charge >= 0.3 is 0 Å². The Bertz CT molecular complexity index is 465. The minimum Gasteiger partial charge on any atom is -0.383 e. The molecule has 0 spiro atoms. The Morgan fingerprint density at radius 2 is 2.17 bits per heavy atom. The summed E-state index contributed by atoms with van der Waals surface area (Å²) in [6, 6.07) is 0.166. The highest BCUT2D eigenvalue weighted by Crippen LogP contribution is 2.47. The Morgan fingerprint density at radius 1 is 1.44 bits per heavy atom. The zero-order chi connectivity index (χ0) is 12.7. The molecule has 0 radical (unpaired) electrons. The molecule has 5 nitrogen and oxygen atoms in total. The number of hydrogen-bond acceptors (Lipinski definition) is 5. The molecule has 1 aromatic rings. The number of amides is 1. The van der Waals surface area contributed by atoms with E-state index in [1.807, 2.05) is 6.92 Å². The van der Waals surface area contributed by atoms with Gasteiger partial charge in [0.25, 0.3) is 0 Å². The monoisotopic (exact) mass is 266 g/mol. The molecule has 0 aromatic carbocycles. The number of nitrogens with zero attached hydrogens (tertiary/aromatic N) is 1. The van der Waals surface area contributed by atoms with Gasteiger partial charge in [0.2, 0.25) is 5.91 Å². The summed E-state index contributed by atoms with van der Waals surface area (Å²) in [5.74, 6) is 1.23. The molecule has 0 bridgehead atoms. The molecule has 1 heterocycles. The molecule has 4 N–H and O–H groups in total. The van der Waals surface area contributed by atoms with E-state index in [2.05, 4.69) is 15.0 Å². The molecule has 3 rings (SSSR count). The predicted octanol–water partition coefficient (Wildman–Crippen LogP) is 1.68. The molecule has 2 saturated carbocycles. The van der Waals surface area contributed by atoms with E-state index in [0.717, 1.165) is 23.4 Å². The lowest BCUT2D eigenvalue weighted by molar-refractivity contribution is -0.121. The lowest BCUT2D eigenvalue weighted by Gasteiger charge is -2.14. The highest BCUT2D eigenvalue weighted by molar-refractivity contribution is 7.10. The molecule has 2 aliphatic rings. The fourth-order valence-electron chi connectivity index (χ4n) is 2.00. The maximum atomic E-state index is 11.9. The van der Waals surface area contributed by atoms with Crippen LogP contribution in [0.5, 0.6) is 0 Å². The van der Waals surface area contributed by atoms with Gasteiger partial charge < -0.3 is 16.4 Å². The van der Waals surface area contributed by atoms with Crippen molar-refractivity contribution in [2.75, 3.05) is 11.1 Å². The maximum absolute atomic E-state index is 11.9. The Morgan fingerprint density at radius 3 is 2.78 bits per heavy atom. The zero-order valence-corrected chi connectivity index (χ0v) is 11.2. The van der Waals surface area contributed by atoms with E-state index in [-0.39, 0.29) is 11.9 Å². The second-order valence-electron chi connectivity index (χ2n) is 5.23. The third-order valence-corrected chi connectivity index (χ3v) is 4.21. The first kappa shape index (κ1) is 11.8. The summed E-state index contributed by atoms with van der Waals surface area (Å²) < 4.78 is 4.19. The molecular weight excluding hydrogens is 248 g/mol. The van der Waals surface area contributed by atoms with Crippen LogP contribution in [0.15, 0.2) is 0 Å². The second kappa shape index (κ2) is 4.42. The van der Waals surface area contributed by atoms with Crippen LogP contribution in [0.25, 0.3) is 0 Å². The number of anilines is 2. The van der Waals surface area contributed by atoms with Crippen LogP contribution in [0.1, 0.15) is 44.1 Å². The lowest BCUT2D eigenvalue weighted by atomic mass is 10.2. The average molecular weight is 266 g/mol. The van der Waals surface area contributed by atoms with Gasteiger partial charge in [-0.2, -0.15) is 4.37 Å². The van der Waals surface area contributed by atoms with Crippen molar-refractivity contribution in [1.29, 1.82) is 0 Å². The maximum Gasteiger partial charge on any atom is 0.242 e. The van der Waals surface area contributed by atoms with Gasteiger partial charge in [0, 0.05) is 11.6 Å². The van der Waals surface area contributed by atoms with Crippen LogP contribution in [-0.4, -0.2) is 22.4 Å². The predicted molar refractivity (Wildman–Crippen MR) is 72.8 cm³/mol.